The highest BCUT2D eigenvalue weighted by Crippen LogP contribution is 2.41. The molecule has 0 unspecified atom stereocenters. The molecule has 0 aliphatic carbocycles. The Morgan fingerprint density at radius 2 is 0.939 bits per heavy atom. The molecule has 0 bridgehead atoms. The van der Waals surface area contributed by atoms with Gasteiger partial charge in [-0.1, -0.05) is 146 Å². The number of furan rings is 1. The predicted molar refractivity (Wildman–Crippen MR) is 201 cm³/mol. The molecule has 228 valence electrons. The summed E-state index contributed by atoms with van der Waals surface area (Å²) in [6.07, 6.45) is 0. The molecule has 0 fully saturated rings. The van der Waals surface area contributed by atoms with Crippen LogP contribution in [-0.4, -0.2) is 15.0 Å². The number of hydrogen-bond acceptors (Lipinski definition) is 4. The van der Waals surface area contributed by atoms with E-state index in [0.717, 1.165) is 65.9 Å². The molecule has 0 saturated heterocycles. The first-order chi connectivity index (χ1) is 24.3. The van der Waals surface area contributed by atoms with E-state index in [0.29, 0.717) is 17.5 Å². The first-order valence-corrected chi connectivity index (χ1v) is 16.5. The van der Waals surface area contributed by atoms with Crippen molar-refractivity contribution >= 4 is 54.3 Å². The number of benzene rings is 8. The van der Waals surface area contributed by atoms with Crippen molar-refractivity contribution in [3.8, 4) is 45.3 Å². The first kappa shape index (κ1) is 27.5. The standard InChI is InChI=1S/C45H27N3O/c1-2-13-28(14-3-1)31-17-8-9-21-37(31)43-46-44(38-23-12-22-36-34-20-10-11-24-40(34)49-42(36)38)48-45(47-43)39-27-30-16-5-6-18-32(30)35-26-25-29-15-4-7-19-33(29)41(35)39/h1-27H. The maximum atomic E-state index is 6.51. The fraction of sp³-hybridized carbons (Fsp3) is 0. The molecule has 49 heavy (non-hydrogen) atoms. The van der Waals surface area contributed by atoms with E-state index >= 15 is 0 Å². The largest absolute Gasteiger partial charge is 0.455 e. The maximum absolute atomic E-state index is 6.51. The SMILES string of the molecule is c1ccc(-c2ccccc2-c2nc(-c3cccc4c3oc3ccccc34)nc(-c3cc4ccccc4c4ccc5ccccc5c34)n2)cc1. The second-order valence-electron chi connectivity index (χ2n) is 12.4. The monoisotopic (exact) mass is 625 g/mol. The van der Waals surface area contributed by atoms with E-state index in [2.05, 4.69) is 127 Å². The number of hydrogen-bond donors (Lipinski definition) is 0. The lowest BCUT2D eigenvalue weighted by atomic mass is 9.92. The lowest BCUT2D eigenvalue weighted by Crippen LogP contribution is -2.02. The van der Waals surface area contributed by atoms with Crippen LogP contribution in [0.2, 0.25) is 0 Å². The van der Waals surface area contributed by atoms with Crippen LogP contribution in [0.1, 0.15) is 0 Å². The minimum absolute atomic E-state index is 0.564. The molecule has 2 heterocycles. The minimum atomic E-state index is 0.564. The van der Waals surface area contributed by atoms with E-state index < -0.39 is 0 Å². The van der Waals surface area contributed by atoms with Crippen molar-refractivity contribution < 1.29 is 4.42 Å². The van der Waals surface area contributed by atoms with Gasteiger partial charge in [-0.05, 0) is 56.3 Å². The van der Waals surface area contributed by atoms with E-state index in [1.54, 1.807) is 0 Å². The summed E-state index contributed by atoms with van der Waals surface area (Å²) >= 11 is 0. The van der Waals surface area contributed by atoms with Gasteiger partial charge < -0.3 is 4.42 Å². The number of nitrogens with zero attached hydrogens (tertiary/aromatic N) is 3. The van der Waals surface area contributed by atoms with Crippen molar-refractivity contribution in [1.29, 1.82) is 0 Å². The van der Waals surface area contributed by atoms with Crippen molar-refractivity contribution in [2.24, 2.45) is 0 Å². The zero-order valence-electron chi connectivity index (χ0n) is 26.3. The molecule has 0 spiro atoms. The summed E-state index contributed by atoms with van der Waals surface area (Å²) in [5.74, 6) is 1.78. The molecule has 2 aromatic heterocycles. The molecule has 4 heteroatoms. The van der Waals surface area contributed by atoms with E-state index in [-0.39, 0.29) is 0 Å². The zero-order chi connectivity index (χ0) is 32.3. The third-order valence-corrected chi connectivity index (χ3v) is 9.52. The maximum Gasteiger partial charge on any atom is 0.167 e. The fourth-order valence-electron chi connectivity index (χ4n) is 7.27. The molecule has 0 radical (unpaired) electrons. The fourth-order valence-corrected chi connectivity index (χ4v) is 7.27. The second kappa shape index (κ2) is 11.0. The van der Waals surface area contributed by atoms with Gasteiger partial charge in [0.2, 0.25) is 0 Å². The number of rotatable bonds is 4. The average Bonchev–Trinajstić information content (AvgIpc) is 3.56. The molecule has 0 amide bonds. The highest BCUT2D eigenvalue weighted by molar-refractivity contribution is 6.22. The molecular weight excluding hydrogens is 599 g/mol. The van der Waals surface area contributed by atoms with Crippen LogP contribution in [0.25, 0.3) is 99.5 Å². The van der Waals surface area contributed by atoms with Crippen molar-refractivity contribution in [3.63, 3.8) is 0 Å². The van der Waals surface area contributed by atoms with Gasteiger partial charge >= 0.3 is 0 Å². The van der Waals surface area contributed by atoms with Crippen molar-refractivity contribution in [2.45, 2.75) is 0 Å². The Labute approximate surface area is 282 Å². The number of aromatic nitrogens is 3. The summed E-state index contributed by atoms with van der Waals surface area (Å²) in [6.45, 7) is 0. The van der Waals surface area contributed by atoms with Crippen molar-refractivity contribution in [3.05, 3.63) is 164 Å². The van der Waals surface area contributed by atoms with Gasteiger partial charge in [-0.2, -0.15) is 0 Å². The molecule has 0 aliphatic heterocycles. The van der Waals surface area contributed by atoms with E-state index in [9.17, 15) is 0 Å². The summed E-state index contributed by atoms with van der Waals surface area (Å²) in [5.41, 5.74) is 6.48. The molecular formula is C45H27N3O. The van der Waals surface area contributed by atoms with Crippen molar-refractivity contribution in [1.82, 2.24) is 15.0 Å². The van der Waals surface area contributed by atoms with Crippen LogP contribution in [0, 0.1) is 0 Å². The highest BCUT2D eigenvalue weighted by Gasteiger charge is 2.21. The van der Waals surface area contributed by atoms with E-state index in [4.69, 9.17) is 19.4 Å². The van der Waals surface area contributed by atoms with Crippen LogP contribution in [-0.2, 0) is 0 Å². The van der Waals surface area contributed by atoms with Crippen LogP contribution in [0.4, 0.5) is 0 Å². The second-order valence-corrected chi connectivity index (χ2v) is 12.4. The molecule has 0 atom stereocenters. The Balaban J connectivity index is 1.33. The van der Waals surface area contributed by atoms with Gasteiger partial charge in [0.15, 0.2) is 17.5 Å². The molecule has 8 aromatic carbocycles. The summed E-state index contributed by atoms with van der Waals surface area (Å²) in [4.78, 5) is 15.9. The Morgan fingerprint density at radius 3 is 1.78 bits per heavy atom. The number of para-hydroxylation sites is 2. The molecule has 10 rings (SSSR count). The van der Waals surface area contributed by atoms with Gasteiger partial charge in [0.05, 0.1) is 5.56 Å². The quantitative estimate of drug-likeness (QED) is 0.183. The Hall–Kier alpha value is -6.65. The summed E-state index contributed by atoms with van der Waals surface area (Å²) < 4.78 is 6.51. The normalized spacial score (nSPS) is 11.7. The third kappa shape index (κ3) is 4.42. The Bertz CT molecular complexity index is 2890. The van der Waals surface area contributed by atoms with Crippen LogP contribution in [0.3, 0.4) is 0 Å². The highest BCUT2D eigenvalue weighted by atomic mass is 16.3. The van der Waals surface area contributed by atoms with Crippen LogP contribution < -0.4 is 0 Å². The minimum Gasteiger partial charge on any atom is -0.455 e. The predicted octanol–water partition coefficient (Wildman–Crippen LogP) is 11.9. The molecule has 0 aliphatic rings. The smallest absolute Gasteiger partial charge is 0.167 e. The van der Waals surface area contributed by atoms with Crippen LogP contribution in [0.15, 0.2) is 168 Å². The topological polar surface area (TPSA) is 51.8 Å². The third-order valence-electron chi connectivity index (χ3n) is 9.52. The van der Waals surface area contributed by atoms with Gasteiger partial charge in [0, 0.05) is 27.3 Å². The average molecular weight is 626 g/mol. The summed E-state index contributed by atoms with van der Waals surface area (Å²) in [6, 6.07) is 56.8. The Morgan fingerprint density at radius 1 is 0.347 bits per heavy atom. The van der Waals surface area contributed by atoms with E-state index in [1.165, 1.54) is 16.2 Å². The zero-order valence-corrected chi connectivity index (χ0v) is 26.3. The lowest BCUT2D eigenvalue weighted by Gasteiger charge is -2.15. The van der Waals surface area contributed by atoms with Crippen molar-refractivity contribution in [2.75, 3.05) is 0 Å². The van der Waals surface area contributed by atoms with Gasteiger partial charge in [-0.15, -0.1) is 0 Å². The van der Waals surface area contributed by atoms with Crippen LogP contribution >= 0.6 is 0 Å². The summed E-state index contributed by atoms with van der Waals surface area (Å²) in [7, 11) is 0. The van der Waals surface area contributed by atoms with Gasteiger partial charge in [-0.25, -0.2) is 15.0 Å². The van der Waals surface area contributed by atoms with Crippen LogP contribution in [0.5, 0.6) is 0 Å². The Kier molecular flexibility index (Phi) is 6.15. The molecule has 10 aromatic rings. The first-order valence-electron chi connectivity index (χ1n) is 16.5. The molecule has 0 N–H and O–H groups in total. The molecule has 0 saturated carbocycles. The number of fused-ring (bicyclic) bond motifs is 8. The lowest BCUT2D eigenvalue weighted by molar-refractivity contribution is 0.669. The summed E-state index contributed by atoms with van der Waals surface area (Å²) in [5, 5.41) is 9.04. The van der Waals surface area contributed by atoms with Gasteiger partial charge in [-0.3, -0.25) is 0 Å². The van der Waals surface area contributed by atoms with Gasteiger partial charge in [0.1, 0.15) is 11.2 Å². The van der Waals surface area contributed by atoms with Gasteiger partial charge in [0.25, 0.3) is 0 Å². The molecule has 4 nitrogen and oxygen atoms in total. The van der Waals surface area contributed by atoms with E-state index in [1.807, 2.05) is 36.4 Å².